The van der Waals surface area contributed by atoms with Gasteiger partial charge in [-0.2, -0.15) is 13.2 Å². The molecule has 2 nitrogen and oxygen atoms in total. The lowest BCUT2D eigenvalue weighted by Gasteiger charge is -2.07. The molecule has 0 spiro atoms. The Kier molecular flexibility index (Phi) is 6.00. The number of halogens is 4. The van der Waals surface area contributed by atoms with Crippen LogP contribution < -0.4 is 0 Å². The lowest BCUT2D eigenvalue weighted by molar-refractivity contribution is -0.312. The molecule has 0 unspecified atom stereocenters. The molecule has 1 aliphatic rings. The maximum absolute atomic E-state index is 10.4. The molecule has 0 aliphatic carbocycles. The van der Waals surface area contributed by atoms with Gasteiger partial charge in [-0.15, -0.1) is 0 Å². The van der Waals surface area contributed by atoms with Gasteiger partial charge in [0.05, 0.1) is 13.2 Å². The van der Waals surface area contributed by atoms with Crippen molar-refractivity contribution in [2.24, 2.45) is 0 Å². The maximum Gasteiger partial charge on any atom is 0.416 e. The summed E-state index contributed by atoms with van der Waals surface area (Å²) in [5, 5.41) is 0. The van der Waals surface area contributed by atoms with Crippen molar-refractivity contribution in [1.82, 2.24) is 0 Å². The van der Waals surface area contributed by atoms with E-state index in [1.54, 1.807) is 0 Å². The van der Waals surface area contributed by atoms with Crippen LogP contribution in [0.15, 0.2) is 0 Å². The Morgan fingerprint density at radius 3 is 1.42 bits per heavy atom. The molecule has 0 N–H and O–H groups in total. The first-order chi connectivity index (χ1) is 5.56. The molecule has 0 aromatic heterocycles. The minimum absolute atomic E-state index is 0.778. The zero-order valence-corrected chi connectivity index (χ0v) is 6.36. The van der Waals surface area contributed by atoms with Gasteiger partial charge in [0.1, 0.15) is 0 Å². The summed E-state index contributed by atoms with van der Waals surface area (Å²) in [6.07, 6.45) is -2.32. The van der Waals surface area contributed by atoms with Crippen molar-refractivity contribution >= 4 is 0 Å². The van der Waals surface area contributed by atoms with Gasteiger partial charge in [0.15, 0.2) is 6.67 Å². The molecular weight excluding hydrogens is 180 g/mol. The van der Waals surface area contributed by atoms with Gasteiger partial charge in [0.2, 0.25) is 0 Å². The Balaban J connectivity index is 0.000000202. The Morgan fingerprint density at radius 1 is 1.00 bits per heavy atom. The minimum atomic E-state index is -4.62. The highest BCUT2D eigenvalue weighted by Gasteiger charge is 2.26. The molecule has 0 aromatic carbocycles. The predicted octanol–water partition coefficient (Wildman–Crippen LogP) is 2.25. The van der Waals surface area contributed by atoms with E-state index in [-0.39, 0.29) is 0 Å². The number of hydrogen-bond donors (Lipinski definition) is 0. The molecule has 0 bridgehead atoms. The van der Waals surface area contributed by atoms with Gasteiger partial charge in [0, 0.05) is 0 Å². The van der Waals surface area contributed by atoms with Crippen molar-refractivity contribution in [2.75, 3.05) is 19.9 Å². The molecule has 1 heterocycles. The van der Waals surface area contributed by atoms with Gasteiger partial charge in [-0.3, -0.25) is 0 Å². The molecule has 6 heteroatoms. The molecule has 1 fully saturated rings. The average Bonchev–Trinajstić information content (AvgIpc) is 2.07. The normalized spacial score (nSPS) is 18.0. The van der Waals surface area contributed by atoms with Gasteiger partial charge >= 0.3 is 6.18 Å². The van der Waals surface area contributed by atoms with E-state index in [4.69, 9.17) is 0 Å². The molecule has 1 rings (SSSR count). The molecule has 1 aliphatic heterocycles. The molecule has 0 aromatic rings. The van der Waals surface area contributed by atoms with Crippen molar-refractivity contribution in [3.8, 4) is 0 Å². The summed E-state index contributed by atoms with van der Waals surface area (Å²) in [6, 6.07) is 0. The lowest BCUT2D eigenvalue weighted by atomic mass is 10.3. The van der Waals surface area contributed by atoms with Crippen molar-refractivity contribution < 1.29 is 27.3 Å². The minimum Gasteiger partial charge on any atom is -0.241 e. The second-order valence-corrected chi connectivity index (χ2v) is 2.10. The second kappa shape index (κ2) is 6.19. The smallest absolute Gasteiger partial charge is 0.241 e. The van der Waals surface area contributed by atoms with E-state index < -0.39 is 12.9 Å². The largest absolute Gasteiger partial charge is 0.416 e. The molecule has 12 heavy (non-hydrogen) atoms. The summed E-state index contributed by atoms with van der Waals surface area (Å²) in [7, 11) is 0. The summed E-state index contributed by atoms with van der Waals surface area (Å²) in [4.78, 5) is 9.14. The Hall–Kier alpha value is -0.360. The summed E-state index contributed by atoms with van der Waals surface area (Å²) in [5.41, 5.74) is 0. The SMILES string of the molecule is C1CCOOC1.FCC(F)(F)F. The summed E-state index contributed by atoms with van der Waals surface area (Å²) >= 11 is 0. The molecule has 74 valence electrons. The highest BCUT2D eigenvalue weighted by Crippen LogP contribution is 2.13. The second-order valence-electron chi connectivity index (χ2n) is 2.10. The monoisotopic (exact) mass is 190 g/mol. The topological polar surface area (TPSA) is 18.5 Å². The van der Waals surface area contributed by atoms with Crippen LogP contribution in [-0.4, -0.2) is 26.1 Å². The van der Waals surface area contributed by atoms with Crippen LogP contribution in [0.4, 0.5) is 17.6 Å². The molecule has 0 atom stereocenters. The number of hydrogen-bond acceptors (Lipinski definition) is 2. The van der Waals surface area contributed by atoms with E-state index >= 15 is 0 Å². The van der Waals surface area contributed by atoms with Gasteiger partial charge in [-0.1, -0.05) is 0 Å². The van der Waals surface area contributed by atoms with Gasteiger partial charge < -0.3 is 0 Å². The maximum atomic E-state index is 10.4. The van der Waals surface area contributed by atoms with E-state index in [0.29, 0.717) is 0 Å². The fourth-order valence-electron chi connectivity index (χ4n) is 0.440. The highest BCUT2D eigenvalue weighted by atomic mass is 19.4. The Morgan fingerprint density at radius 2 is 1.33 bits per heavy atom. The first-order valence-electron chi connectivity index (χ1n) is 3.43. The average molecular weight is 190 g/mol. The van der Waals surface area contributed by atoms with E-state index in [1.807, 2.05) is 0 Å². The number of alkyl halides is 4. The highest BCUT2D eigenvalue weighted by molar-refractivity contribution is 4.40. The fourth-order valence-corrected chi connectivity index (χ4v) is 0.440. The van der Waals surface area contributed by atoms with Crippen LogP contribution in [-0.2, 0) is 9.78 Å². The lowest BCUT2D eigenvalue weighted by Crippen LogP contribution is -2.08. The zero-order chi connectivity index (χ0) is 9.45. The summed E-state index contributed by atoms with van der Waals surface area (Å²) < 4.78 is 41.6. The summed E-state index contributed by atoms with van der Waals surface area (Å²) in [5.74, 6) is 0. The summed E-state index contributed by atoms with van der Waals surface area (Å²) in [6.45, 7) is -0.674. The van der Waals surface area contributed by atoms with Gasteiger partial charge in [-0.05, 0) is 12.8 Å². The van der Waals surface area contributed by atoms with Crippen LogP contribution in [0, 0.1) is 0 Å². The van der Waals surface area contributed by atoms with Crippen LogP contribution in [0.3, 0.4) is 0 Å². The molecular formula is C6H10F4O2. The van der Waals surface area contributed by atoms with E-state index in [0.717, 1.165) is 26.1 Å². The third kappa shape index (κ3) is 9.64. The van der Waals surface area contributed by atoms with Crippen LogP contribution in [0.25, 0.3) is 0 Å². The van der Waals surface area contributed by atoms with Crippen molar-refractivity contribution in [3.05, 3.63) is 0 Å². The van der Waals surface area contributed by atoms with E-state index in [9.17, 15) is 17.6 Å². The first-order valence-corrected chi connectivity index (χ1v) is 3.43. The standard InChI is InChI=1S/C4H8O2.C2H2F4/c1-2-4-6-5-3-1;3-1-2(4,5)6/h1-4H2;1H2. The van der Waals surface area contributed by atoms with Crippen LogP contribution >= 0.6 is 0 Å². The van der Waals surface area contributed by atoms with Crippen molar-refractivity contribution in [1.29, 1.82) is 0 Å². The number of rotatable bonds is 0. The molecule has 0 amide bonds. The zero-order valence-electron chi connectivity index (χ0n) is 6.36. The van der Waals surface area contributed by atoms with Crippen molar-refractivity contribution in [3.63, 3.8) is 0 Å². The fraction of sp³-hybridized carbons (Fsp3) is 1.00. The van der Waals surface area contributed by atoms with E-state index in [2.05, 4.69) is 9.78 Å². The molecule has 1 saturated heterocycles. The predicted molar refractivity (Wildman–Crippen MR) is 33.2 cm³/mol. The van der Waals surface area contributed by atoms with Crippen LogP contribution in [0.2, 0.25) is 0 Å². The quantitative estimate of drug-likeness (QED) is 0.430. The van der Waals surface area contributed by atoms with Gasteiger partial charge in [-0.25, -0.2) is 14.2 Å². The van der Waals surface area contributed by atoms with E-state index in [1.165, 1.54) is 0 Å². The van der Waals surface area contributed by atoms with Crippen LogP contribution in [0.1, 0.15) is 12.8 Å². The third-order valence-corrected chi connectivity index (χ3v) is 0.940. The molecule has 0 saturated carbocycles. The Labute approximate surface area is 67.4 Å². The molecule has 0 radical (unpaired) electrons. The van der Waals surface area contributed by atoms with Crippen molar-refractivity contribution in [2.45, 2.75) is 19.0 Å². The van der Waals surface area contributed by atoms with Crippen LogP contribution in [0.5, 0.6) is 0 Å². The first kappa shape index (κ1) is 11.6. The third-order valence-electron chi connectivity index (χ3n) is 0.940. The van der Waals surface area contributed by atoms with Gasteiger partial charge in [0.25, 0.3) is 0 Å². The Bertz CT molecular complexity index is 88.7.